The van der Waals surface area contributed by atoms with Crippen LogP contribution in [0.5, 0.6) is 0 Å². The molecule has 9 heavy (non-hydrogen) atoms. The van der Waals surface area contributed by atoms with Crippen LogP contribution in [0.4, 0.5) is 0 Å². The van der Waals surface area contributed by atoms with Gasteiger partial charge in [0, 0.05) is 12.3 Å². The topological polar surface area (TPSA) is 18.5 Å². The molecule has 1 rings (SSSR count). The van der Waals surface area contributed by atoms with Crippen molar-refractivity contribution in [1.29, 1.82) is 0 Å². The summed E-state index contributed by atoms with van der Waals surface area (Å²) < 4.78 is 10.3. The van der Waals surface area contributed by atoms with E-state index < -0.39 is 0 Å². The Morgan fingerprint density at radius 1 is 1.33 bits per heavy atom. The fourth-order valence-electron chi connectivity index (χ4n) is 0.727. The van der Waals surface area contributed by atoms with Gasteiger partial charge in [0.1, 0.15) is 0 Å². The van der Waals surface area contributed by atoms with Crippen molar-refractivity contribution in [3.63, 3.8) is 0 Å². The molecule has 0 amide bonds. The van der Waals surface area contributed by atoms with E-state index in [4.69, 9.17) is 9.47 Å². The Morgan fingerprint density at radius 2 is 1.78 bits per heavy atom. The molecule has 1 fully saturated rings. The lowest BCUT2D eigenvalue weighted by atomic mass is 9.96. The molecule has 0 bridgehead atoms. The Morgan fingerprint density at radius 3 is 2.11 bits per heavy atom. The van der Waals surface area contributed by atoms with Gasteiger partial charge >= 0.3 is 0 Å². The zero-order valence-electron chi connectivity index (χ0n) is 6.02. The summed E-state index contributed by atoms with van der Waals surface area (Å²) in [7, 11) is 0. The molecule has 0 atom stereocenters. The van der Waals surface area contributed by atoms with Crippen LogP contribution in [0.15, 0.2) is 0 Å². The van der Waals surface area contributed by atoms with Crippen LogP contribution in [0, 0.1) is 12.3 Å². The molecule has 1 aliphatic rings. The Kier molecular flexibility index (Phi) is 1.78. The third-order valence-electron chi connectivity index (χ3n) is 1.32. The SMILES string of the molecule is [CH2]C1OCC(C)(C)CO1. The van der Waals surface area contributed by atoms with E-state index in [1.54, 1.807) is 0 Å². The maximum absolute atomic E-state index is 5.16. The smallest absolute Gasteiger partial charge is 0.157 e. The zero-order chi connectivity index (χ0) is 6.91. The molecular weight excluding hydrogens is 116 g/mol. The van der Waals surface area contributed by atoms with E-state index in [1.807, 2.05) is 0 Å². The van der Waals surface area contributed by atoms with Crippen LogP contribution in [0.3, 0.4) is 0 Å². The highest BCUT2D eigenvalue weighted by Gasteiger charge is 2.25. The normalized spacial score (nSPS) is 28.3. The molecule has 0 spiro atoms. The second kappa shape index (κ2) is 2.27. The maximum atomic E-state index is 5.16. The molecule has 0 aromatic carbocycles. The average molecular weight is 129 g/mol. The fraction of sp³-hybridized carbons (Fsp3) is 0.857. The number of rotatable bonds is 0. The molecule has 1 aliphatic heterocycles. The first-order valence-electron chi connectivity index (χ1n) is 3.16. The van der Waals surface area contributed by atoms with Crippen LogP contribution in [-0.4, -0.2) is 19.5 Å². The van der Waals surface area contributed by atoms with E-state index in [1.165, 1.54) is 0 Å². The summed E-state index contributed by atoms with van der Waals surface area (Å²) >= 11 is 0. The van der Waals surface area contributed by atoms with Crippen LogP contribution in [0.25, 0.3) is 0 Å². The molecule has 1 saturated heterocycles. The predicted octanol–water partition coefficient (Wildman–Crippen LogP) is 1.22. The molecule has 0 unspecified atom stereocenters. The van der Waals surface area contributed by atoms with Gasteiger partial charge in [-0.25, -0.2) is 0 Å². The van der Waals surface area contributed by atoms with Gasteiger partial charge in [0.05, 0.1) is 13.2 Å². The molecule has 0 aliphatic carbocycles. The second-order valence-corrected chi connectivity index (χ2v) is 3.22. The van der Waals surface area contributed by atoms with Gasteiger partial charge in [-0.15, -0.1) is 0 Å². The third kappa shape index (κ3) is 1.95. The third-order valence-corrected chi connectivity index (χ3v) is 1.32. The number of hydrogen-bond acceptors (Lipinski definition) is 2. The summed E-state index contributed by atoms with van der Waals surface area (Å²) in [4.78, 5) is 0. The zero-order valence-corrected chi connectivity index (χ0v) is 6.02. The van der Waals surface area contributed by atoms with Crippen LogP contribution in [0.2, 0.25) is 0 Å². The lowest BCUT2D eigenvalue weighted by Gasteiger charge is -2.32. The van der Waals surface area contributed by atoms with E-state index in [2.05, 4.69) is 20.8 Å². The molecule has 0 N–H and O–H groups in total. The van der Waals surface area contributed by atoms with Crippen molar-refractivity contribution in [3.8, 4) is 0 Å². The summed E-state index contributed by atoms with van der Waals surface area (Å²) in [5.74, 6) is 0. The number of hydrogen-bond donors (Lipinski definition) is 0. The van der Waals surface area contributed by atoms with Gasteiger partial charge < -0.3 is 9.47 Å². The minimum atomic E-state index is -0.252. The number of ether oxygens (including phenoxy) is 2. The van der Waals surface area contributed by atoms with Crippen molar-refractivity contribution in [2.24, 2.45) is 5.41 Å². The summed E-state index contributed by atoms with van der Waals surface area (Å²) in [6, 6.07) is 0. The highest BCUT2D eigenvalue weighted by molar-refractivity contribution is 4.71. The highest BCUT2D eigenvalue weighted by atomic mass is 16.7. The van der Waals surface area contributed by atoms with E-state index in [0.717, 1.165) is 13.2 Å². The molecule has 1 radical (unpaired) electrons. The molecule has 0 saturated carbocycles. The standard InChI is InChI=1S/C7H13O2/c1-6-8-4-7(2,3)5-9-6/h6H,1,4-5H2,2-3H3. The first-order chi connectivity index (χ1) is 4.10. The Labute approximate surface area is 56.2 Å². The van der Waals surface area contributed by atoms with Crippen molar-refractivity contribution in [2.45, 2.75) is 20.1 Å². The fourth-order valence-corrected chi connectivity index (χ4v) is 0.727. The summed E-state index contributed by atoms with van der Waals surface area (Å²) in [6.07, 6.45) is -0.252. The quantitative estimate of drug-likeness (QED) is 0.489. The van der Waals surface area contributed by atoms with Gasteiger partial charge in [-0.1, -0.05) is 13.8 Å². The van der Waals surface area contributed by atoms with E-state index in [9.17, 15) is 0 Å². The molecule has 1 heterocycles. The predicted molar refractivity (Wildman–Crippen MR) is 34.8 cm³/mol. The van der Waals surface area contributed by atoms with Gasteiger partial charge in [-0.05, 0) is 0 Å². The lowest BCUT2D eigenvalue weighted by molar-refractivity contribution is -0.199. The monoisotopic (exact) mass is 129 g/mol. The molecular formula is C7H13O2. The minimum absolute atomic E-state index is 0.175. The summed E-state index contributed by atoms with van der Waals surface area (Å²) in [6.45, 7) is 9.34. The van der Waals surface area contributed by atoms with Gasteiger partial charge in [0.25, 0.3) is 0 Å². The van der Waals surface area contributed by atoms with E-state index >= 15 is 0 Å². The van der Waals surface area contributed by atoms with E-state index in [0.29, 0.717) is 0 Å². The largest absolute Gasteiger partial charge is 0.352 e. The second-order valence-electron chi connectivity index (χ2n) is 3.22. The van der Waals surface area contributed by atoms with Crippen molar-refractivity contribution in [2.75, 3.05) is 13.2 Å². The van der Waals surface area contributed by atoms with Gasteiger partial charge in [-0.2, -0.15) is 0 Å². The van der Waals surface area contributed by atoms with Crippen molar-refractivity contribution in [3.05, 3.63) is 6.92 Å². The first kappa shape index (κ1) is 7.03. The summed E-state index contributed by atoms with van der Waals surface area (Å²) in [5.41, 5.74) is 0.175. The van der Waals surface area contributed by atoms with Gasteiger partial charge in [0.15, 0.2) is 6.29 Å². The van der Waals surface area contributed by atoms with Gasteiger partial charge in [-0.3, -0.25) is 0 Å². The Bertz CT molecular complexity index is 89.1. The lowest BCUT2D eigenvalue weighted by Crippen LogP contribution is -2.36. The van der Waals surface area contributed by atoms with Crippen molar-refractivity contribution >= 4 is 0 Å². The molecule has 53 valence electrons. The Hall–Kier alpha value is -0.0800. The van der Waals surface area contributed by atoms with Crippen molar-refractivity contribution < 1.29 is 9.47 Å². The highest BCUT2D eigenvalue weighted by Crippen LogP contribution is 2.21. The molecule has 0 aromatic heterocycles. The van der Waals surface area contributed by atoms with Crippen LogP contribution in [0.1, 0.15) is 13.8 Å². The van der Waals surface area contributed by atoms with Crippen LogP contribution >= 0.6 is 0 Å². The Balaban J connectivity index is 2.35. The van der Waals surface area contributed by atoms with Crippen LogP contribution < -0.4 is 0 Å². The van der Waals surface area contributed by atoms with Gasteiger partial charge in [0.2, 0.25) is 0 Å². The van der Waals surface area contributed by atoms with Crippen LogP contribution in [-0.2, 0) is 9.47 Å². The maximum Gasteiger partial charge on any atom is 0.157 e. The molecule has 2 heteroatoms. The first-order valence-corrected chi connectivity index (χ1v) is 3.16. The van der Waals surface area contributed by atoms with E-state index in [-0.39, 0.29) is 11.7 Å². The molecule has 0 aromatic rings. The minimum Gasteiger partial charge on any atom is -0.352 e. The summed E-state index contributed by atoms with van der Waals surface area (Å²) in [5, 5.41) is 0. The molecule has 2 nitrogen and oxygen atoms in total. The average Bonchev–Trinajstić information content (AvgIpc) is 1.78. The van der Waals surface area contributed by atoms with Crippen molar-refractivity contribution in [1.82, 2.24) is 0 Å².